The third kappa shape index (κ3) is 5.50. The number of halogens is 2. The third-order valence-electron chi connectivity index (χ3n) is 4.73. The van der Waals surface area contributed by atoms with Crippen LogP contribution in [-0.2, 0) is 10.1 Å². The number of nitrogens with zero attached hydrogens (tertiary/aromatic N) is 4. The highest BCUT2D eigenvalue weighted by atomic mass is 35.5. The van der Waals surface area contributed by atoms with Gasteiger partial charge in [-0.2, -0.15) is 23.4 Å². The zero-order valence-corrected chi connectivity index (χ0v) is 20.6. The number of fused-ring (bicyclic) bond motifs is 1. The molecule has 0 unspecified atom stereocenters. The van der Waals surface area contributed by atoms with Crippen molar-refractivity contribution in [1.29, 1.82) is 0 Å². The predicted molar refractivity (Wildman–Crippen MR) is 138 cm³/mol. The van der Waals surface area contributed by atoms with Gasteiger partial charge in [-0.05, 0) is 72.3 Å². The number of hydrogen-bond donors (Lipinski definition) is 3. The molecule has 0 amide bonds. The number of nitrogens with one attached hydrogen (secondary N) is 2. The van der Waals surface area contributed by atoms with Crippen LogP contribution in [0.4, 0.5) is 23.3 Å². The lowest BCUT2D eigenvalue weighted by atomic mass is 10.2. The lowest BCUT2D eigenvalue weighted by molar-refractivity contribution is 0.483. The van der Waals surface area contributed by atoms with E-state index < -0.39 is 10.1 Å². The Morgan fingerprint density at radius 1 is 0.800 bits per heavy atom. The Bertz CT molecular complexity index is 1660. The molecule has 5 rings (SSSR count). The molecule has 0 radical (unpaired) electrons. The summed E-state index contributed by atoms with van der Waals surface area (Å²) in [4.78, 5) is 16.7. The summed E-state index contributed by atoms with van der Waals surface area (Å²) < 4.78 is 33.0. The normalized spacial score (nSPS) is 11.5. The van der Waals surface area contributed by atoms with Crippen LogP contribution in [0, 0.1) is 0 Å². The van der Waals surface area contributed by atoms with E-state index in [0.29, 0.717) is 16.4 Å². The molecular weight excluding hydrogens is 531 g/mol. The molecule has 0 bridgehead atoms. The SMILES string of the molecule is O=S(=O)(O)c1cccc(Nc2nc(Cl)nc(Nc3ccc(-c4nc5ccc(Cl)cc5s4)cc3)n2)c1. The summed E-state index contributed by atoms with van der Waals surface area (Å²) in [5, 5.41) is 7.39. The van der Waals surface area contributed by atoms with Gasteiger partial charge in [-0.1, -0.05) is 17.7 Å². The van der Waals surface area contributed by atoms with E-state index in [4.69, 9.17) is 23.2 Å². The molecule has 2 aromatic heterocycles. The second kappa shape index (κ2) is 9.36. The van der Waals surface area contributed by atoms with Crippen molar-refractivity contribution in [3.8, 4) is 10.6 Å². The van der Waals surface area contributed by atoms with Gasteiger partial charge in [-0.15, -0.1) is 11.3 Å². The van der Waals surface area contributed by atoms with Gasteiger partial charge in [0.2, 0.25) is 17.2 Å². The van der Waals surface area contributed by atoms with Crippen molar-refractivity contribution in [2.75, 3.05) is 10.6 Å². The number of aromatic nitrogens is 4. The Labute approximate surface area is 213 Å². The highest BCUT2D eigenvalue weighted by molar-refractivity contribution is 7.85. The number of thiazole rings is 1. The lowest BCUT2D eigenvalue weighted by Gasteiger charge is -2.09. The van der Waals surface area contributed by atoms with Gasteiger partial charge in [0.1, 0.15) is 5.01 Å². The predicted octanol–water partition coefficient (Wildman–Crippen LogP) is 6.19. The van der Waals surface area contributed by atoms with E-state index in [1.54, 1.807) is 17.4 Å². The topological polar surface area (TPSA) is 130 Å². The van der Waals surface area contributed by atoms with Gasteiger partial charge in [0.05, 0.1) is 15.1 Å². The smallest absolute Gasteiger partial charge is 0.294 e. The van der Waals surface area contributed by atoms with Crippen molar-refractivity contribution >= 4 is 78.1 Å². The lowest BCUT2D eigenvalue weighted by Crippen LogP contribution is -2.05. The van der Waals surface area contributed by atoms with Crippen molar-refractivity contribution in [3.63, 3.8) is 0 Å². The minimum absolute atomic E-state index is 0.0688. The van der Waals surface area contributed by atoms with Crippen LogP contribution in [0.5, 0.6) is 0 Å². The van der Waals surface area contributed by atoms with Crippen molar-refractivity contribution in [2.24, 2.45) is 0 Å². The molecular formula is C22H14Cl2N6O3S2. The van der Waals surface area contributed by atoms with Gasteiger partial charge in [0.15, 0.2) is 0 Å². The molecule has 5 aromatic rings. The van der Waals surface area contributed by atoms with Gasteiger partial charge in [-0.3, -0.25) is 4.55 Å². The average molecular weight is 545 g/mol. The molecule has 0 aliphatic rings. The van der Waals surface area contributed by atoms with Crippen molar-refractivity contribution in [2.45, 2.75) is 4.90 Å². The molecule has 0 saturated heterocycles. The van der Waals surface area contributed by atoms with E-state index in [1.165, 1.54) is 18.2 Å². The van der Waals surface area contributed by atoms with Gasteiger partial charge in [0.25, 0.3) is 10.1 Å². The maximum Gasteiger partial charge on any atom is 0.294 e. The molecule has 35 heavy (non-hydrogen) atoms. The fourth-order valence-electron chi connectivity index (χ4n) is 3.17. The molecule has 3 aromatic carbocycles. The van der Waals surface area contributed by atoms with Crippen molar-refractivity contribution in [3.05, 3.63) is 77.0 Å². The Balaban J connectivity index is 1.35. The molecule has 0 fully saturated rings. The Kier molecular flexibility index (Phi) is 6.26. The summed E-state index contributed by atoms with van der Waals surface area (Å²) >= 11 is 13.7. The molecule has 0 spiro atoms. The number of anilines is 4. The van der Waals surface area contributed by atoms with Crippen LogP contribution in [0.3, 0.4) is 0 Å². The molecule has 0 aliphatic heterocycles. The maximum absolute atomic E-state index is 11.4. The fourth-order valence-corrected chi connectivity index (χ4v) is 5.11. The first-order valence-electron chi connectivity index (χ1n) is 9.93. The van der Waals surface area contributed by atoms with E-state index in [2.05, 4.69) is 30.6 Å². The van der Waals surface area contributed by atoms with E-state index >= 15 is 0 Å². The van der Waals surface area contributed by atoms with Crippen molar-refractivity contribution < 1.29 is 13.0 Å². The van der Waals surface area contributed by atoms with Crippen LogP contribution in [0.15, 0.2) is 71.6 Å². The summed E-state index contributed by atoms with van der Waals surface area (Å²) in [6.45, 7) is 0. The molecule has 2 heterocycles. The monoisotopic (exact) mass is 544 g/mol. The molecule has 3 N–H and O–H groups in total. The van der Waals surface area contributed by atoms with Gasteiger partial charge < -0.3 is 10.6 Å². The van der Waals surface area contributed by atoms with E-state index in [0.717, 1.165) is 20.8 Å². The van der Waals surface area contributed by atoms with E-state index in [9.17, 15) is 13.0 Å². The summed E-state index contributed by atoms with van der Waals surface area (Å²) in [7, 11) is -4.35. The van der Waals surface area contributed by atoms with Gasteiger partial charge in [0, 0.05) is 22.0 Å². The summed E-state index contributed by atoms with van der Waals surface area (Å²) in [6, 6.07) is 18.7. The van der Waals surface area contributed by atoms with Crippen LogP contribution in [0.25, 0.3) is 20.8 Å². The first-order chi connectivity index (χ1) is 16.7. The zero-order chi connectivity index (χ0) is 24.6. The number of benzene rings is 3. The molecule has 0 atom stereocenters. The quantitative estimate of drug-likeness (QED) is 0.214. The van der Waals surface area contributed by atoms with Crippen LogP contribution in [0.2, 0.25) is 10.3 Å². The highest BCUT2D eigenvalue weighted by Crippen LogP contribution is 2.32. The summed E-state index contributed by atoms with van der Waals surface area (Å²) in [5.41, 5.74) is 2.88. The molecule has 176 valence electrons. The molecule has 0 saturated carbocycles. The highest BCUT2D eigenvalue weighted by Gasteiger charge is 2.12. The van der Waals surface area contributed by atoms with E-state index in [-0.39, 0.29) is 22.1 Å². The van der Waals surface area contributed by atoms with E-state index in [1.807, 2.05) is 42.5 Å². The maximum atomic E-state index is 11.4. The van der Waals surface area contributed by atoms with Crippen LogP contribution >= 0.6 is 34.5 Å². The second-order valence-electron chi connectivity index (χ2n) is 7.21. The fraction of sp³-hybridized carbons (Fsp3) is 0. The summed E-state index contributed by atoms with van der Waals surface area (Å²) in [5.74, 6) is 0.269. The Morgan fingerprint density at radius 3 is 2.23 bits per heavy atom. The van der Waals surface area contributed by atoms with Gasteiger partial charge in [-0.25, -0.2) is 4.98 Å². The molecule has 0 aliphatic carbocycles. The largest absolute Gasteiger partial charge is 0.324 e. The number of rotatable bonds is 6. The Hall–Kier alpha value is -3.35. The Morgan fingerprint density at radius 2 is 1.51 bits per heavy atom. The van der Waals surface area contributed by atoms with Crippen molar-refractivity contribution in [1.82, 2.24) is 19.9 Å². The van der Waals surface area contributed by atoms with Crippen LogP contribution in [-0.4, -0.2) is 32.9 Å². The first-order valence-corrected chi connectivity index (χ1v) is 12.9. The minimum atomic E-state index is -4.35. The van der Waals surface area contributed by atoms with Gasteiger partial charge >= 0.3 is 0 Å². The third-order valence-corrected chi connectivity index (χ3v) is 7.06. The zero-order valence-electron chi connectivity index (χ0n) is 17.5. The average Bonchev–Trinajstić information content (AvgIpc) is 3.22. The number of hydrogen-bond acceptors (Lipinski definition) is 9. The first kappa shape index (κ1) is 23.4. The standard InChI is InChI=1S/C22H14Cl2N6O3S2/c23-13-6-9-17-18(10-13)34-19(27-17)12-4-7-14(8-5-12)25-21-28-20(24)29-22(30-21)26-15-2-1-3-16(11-15)35(31,32)33/h1-11H,(H,31,32,33)(H2,25,26,28,29,30). The molecule has 9 nitrogen and oxygen atoms in total. The summed E-state index contributed by atoms with van der Waals surface area (Å²) in [6.07, 6.45) is 0. The van der Waals surface area contributed by atoms with Crippen LogP contribution in [0.1, 0.15) is 0 Å². The second-order valence-corrected chi connectivity index (χ2v) is 10.4. The minimum Gasteiger partial charge on any atom is -0.324 e. The molecule has 13 heteroatoms. The van der Waals surface area contributed by atoms with Crippen LogP contribution < -0.4 is 10.6 Å².